The number of nitrogens with one attached hydrogen (secondary N) is 1. The Bertz CT molecular complexity index is 775. The highest BCUT2D eigenvalue weighted by molar-refractivity contribution is 7.99. The molecule has 3 aromatic rings. The van der Waals surface area contributed by atoms with Gasteiger partial charge < -0.3 is 4.98 Å². The maximum atomic E-state index is 8.65. The Hall–Kier alpha value is -2.10. The predicted molar refractivity (Wildman–Crippen MR) is 72.0 cm³/mol. The fraction of sp³-hybridized carbons (Fsp3) is 0. The molecule has 0 spiro atoms. The molecule has 0 bridgehead atoms. The number of hydrogen-bond donors (Lipinski definition) is 1. The van der Waals surface area contributed by atoms with Gasteiger partial charge in [-0.15, -0.1) is 0 Å². The molecule has 1 N–H and O–H groups in total. The van der Waals surface area contributed by atoms with Gasteiger partial charge in [-0.05, 0) is 30.0 Å². The molecule has 92 valence electrons. The standard InChI is InChI=1S/C12H6ClN5S/c13-7-1-2-9-10(3-7)18-12(17-9)19-11-6-15-8(4-14)5-16-11/h1-3,5-6H,(H,17,18). The molecule has 3 rings (SSSR count). The fourth-order valence-electron chi connectivity index (χ4n) is 1.53. The molecule has 2 aromatic heterocycles. The summed E-state index contributed by atoms with van der Waals surface area (Å²) in [6.07, 6.45) is 2.98. The van der Waals surface area contributed by atoms with E-state index in [-0.39, 0.29) is 0 Å². The summed E-state index contributed by atoms with van der Waals surface area (Å²) in [6, 6.07) is 7.38. The van der Waals surface area contributed by atoms with Crippen LogP contribution in [0.4, 0.5) is 0 Å². The Labute approximate surface area is 117 Å². The number of halogens is 1. The first-order chi connectivity index (χ1) is 9.24. The van der Waals surface area contributed by atoms with E-state index in [9.17, 15) is 0 Å². The van der Waals surface area contributed by atoms with E-state index in [1.807, 2.05) is 18.2 Å². The molecule has 0 saturated carbocycles. The molecule has 0 saturated heterocycles. The molecule has 0 aliphatic carbocycles. The van der Waals surface area contributed by atoms with Gasteiger partial charge in [-0.3, -0.25) is 0 Å². The molecule has 1 aromatic carbocycles. The first-order valence-corrected chi connectivity index (χ1v) is 6.49. The maximum absolute atomic E-state index is 8.65. The van der Waals surface area contributed by atoms with Crippen molar-refractivity contribution in [3.05, 3.63) is 41.3 Å². The molecule has 0 radical (unpaired) electrons. The minimum Gasteiger partial charge on any atom is -0.333 e. The molecule has 5 nitrogen and oxygen atoms in total. The number of H-pyrrole nitrogens is 1. The van der Waals surface area contributed by atoms with Crippen LogP contribution in [0.25, 0.3) is 11.0 Å². The number of aromatic amines is 1. The number of nitriles is 1. The van der Waals surface area contributed by atoms with Crippen molar-refractivity contribution in [3.8, 4) is 6.07 Å². The normalized spacial score (nSPS) is 10.5. The van der Waals surface area contributed by atoms with Crippen LogP contribution in [0, 0.1) is 11.3 Å². The number of hydrogen-bond acceptors (Lipinski definition) is 5. The molecule has 0 atom stereocenters. The van der Waals surface area contributed by atoms with Crippen LogP contribution in [0.5, 0.6) is 0 Å². The Morgan fingerprint density at radius 3 is 2.89 bits per heavy atom. The lowest BCUT2D eigenvalue weighted by molar-refractivity contribution is 1.01. The predicted octanol–water partition coefficient (Wildman–Crippen LogP) is 3.03. The van der Waals surface area contributed by atoms with Crippen LogP contribution >= 0.6 is 23.4 Å². The summed E-state index contributed by atoms with van der Waals surface area (Å²) in [5, 5.41) is 10.7. The molecule has 0 aliphatic rings. The number of nitrogens with zero attached hydrogens (tertiary/aromatic N) is 4. The Morgan fingerprint density at radius 2 is 2.16 bits per heavy atom. The largest absolute Gasteiger partial charge is 0.333 e. The zero-order valence-electron chi connectivity index (χ0n) is 9.46. The van der Waals surface area contributed by atoms with Gasteiger partial charge in [-0.25, -0.2) is 15.0 Å². The van der Waals surface area contributed by atoms with Gasteiger partial charge in [0.15, 0.2) is 10.9 Å². The van der Waals surface area contributed by atoms with E-state index in [2.05, 4.69) is 19.9 Å². The molecule has 2 heterocycles. The smallest absolute Gasteiger partial charge is 0.172 e. The Morgan fingerprint density at radius 1 is 1.26 bits per heavy atom. The van der Waals surface area contributed by atoms with Crippen LogP contribution in [0.1, 0.15) is 5.69 Å². The van der Waals surface area contributed by atoms with Crippen molar-refractivity contribution in [2.45, 2.75) is 10.2 Å². The van der Waals surface area contributed by atoms with Gasteiger partial charge in [0, 0.05) is 5.02 Å². The van der Waals surface area contributed by atoms with Crippen LogP contribution in [0.2, 0.25) is 5.02 Å². The van der Waals surface area contributed by atoms with Crippen molar-refractivity contribution < 1.29 is 0 Å². The Balaban J connectivity index is 1.90. The molecule has 7 heteroatoms. The number of fused-ring (bicyclic) bond motifs is 1. The molecule has 0 amide bonds. The highest BCUT2D eigenvalue weighted by Gasteiger charge is 2.06. The second-order valence-corrected chi connectivity index (χ2v) is 5.10. The first kappa shape index (κ1) is 12.0. The van der Waals surface area contributed by atoms with Crippen LogP contribution in [0.3, 0.4) is 0 Å². The van der Waals surface area contributed by atoms with Gasteiger partial charge in [-0.1, -0.05) is 11.6 Å². The molecule has 0 aliphatic heterocycles. The zero-order chi connectivity index (χ0) is 13.2. The molecular formula is C12H6ClN5S. The van der Waals surface area contributed by atoms with Gasteiger partial charge in [0.1, 0.15) is 11.1 Å². The van der Waals surface area contributed by atoms with Crippen LogP contribution < -0.4 is 0 Å². The second kappa shape index (κ2) is 4.88. The van der Waals surface area contributed by atoms with E-state index in [0.717, 1.165) is 11.0 Å². The first-order valence-electron chi connectivity index (χ1n) is 5.30. The number of benzene rings is 1. The summed E-state index contributed by atoms with van der Waals surface area (Å²) >= 11 is 7.26. The molecule has 0 unspecified atom stereocenters. The van der Waals surface area contributed by atoms with Gasteiger partial charge in [0.25, 0.3) is 0 Å². The van der Waals surface area contributed by atoms with Gasteiger partial charge in [0.2, 0.25) is 0 Å². The molecule has 0 fully saturated rings. The number of rotatable bonds is 2. The molecule has 19 heavy (non-hydrogen) atoms. The van der Waals surface area contributed by atoms with E-state index in [0.29, 0.717) is 20.9 Å². The van der Waals surface area contributed by atoms with Crippen molar-refractivity contribution in [2.75, 3.05) is 0 Å². The zero-order valence-corrected chi connectivity index (χ0v) is 11.0. The average molecular weight is 288 g/mol. The highest BCUT2D eigenvalue weighted by atomic mass is 35.5. The third-order valence-corrected chi connectivity index (χ3v) is 3.41. The van der Waals surface area contributed by atoms with Crippen LogP contribution in [-0.2, 0) is 0 Å². The lowest BCUT2D eigenvalue weighted by atomic mass is 10.3. The van der Waals surface area contributed by atoms with E-state index in [4.69, 9.17) is 16.9 Å². The highest BCUT2D eigenvalue weighted by Crippen LogP contribution is 2.26. The van der Waals surface area contributed by atoms with Crippen molar-refractivity contribution in [1.29, 1.82) is 5.26 Å². The minimum absolute atomic E-state index is 0.292. The van der Waals surface area contributed by atoms with E-state index in [1.54, 1.807) is 12.3 Å². The number of imidazole rings is 1. The minimum atomic E-state index is 0.292. The lowest BCUT2D eigenvalue weighted by Gasteiger charge is -1.95. The van der Waals surface area contributed by atoms with E-state index < -0.39 is 0 Å². The van der Waals surface area contributed by atoms with Gasteiger partial charge in [-0.2, -0.15) is 5.26 Å². The van der Waals surface area contributed by atoms with E-state index in [1.165, 1.54) is 18.0 Å². The summed E-state index contributed by atoms with van der Waals surface area (Å²) in [6.45, 7) is 0. The van der Waals surface area contributed by atoms with Crippen LogP contribution in [0.15, 0.2) is 40.8 Å². The summed E-state index contributed by atoms with van der Waals surface area (Å²) in [7, 11) is 0. The van der Waals surface area contributed by atoms with Crippen LogP contribution in [-0.4, -0.2) is 19.9 Å². The maximum Gasteiger partial charge on any atom is 0.172 e. The summed E-state index contributed by atoms with van der Waals surface area (Å²) in [4.78, 5) is 15.6. The topological polar surface area (TPSA) is 78.2 Å². The lowest BCUT2D eigenvalue weighted by Crippen LogP contribution is -1.87. The number of aromatic nitrogens is 4. The summed E-state index contributed by atoms with van der Waals surface area (Å²) < 4.78 is 0. The van der Waals surface area contributed by atoms with Crippen molar-refractivity contribution in [3.63, 3.8) is 0 Å². The third kappa shape index (κ3) is 2.52. The SMILES string of the molecule is N#Cc1cnc(Sc2nc3ccc(Cl)cc3[nH]2)cn1. The Kier molecular flexibility index (Phi) is 3.07. The molecular weight excluding hydrogens is 282 g/mol. The van der Waals surface area contributed by atoms with Gasteiger partial charge >= 0.3 is 0 Å². The summed E-state index contributed by atoms with van der Waals surface area (Å²) in [5.41, 5.74) is 2.01. The van der Waals surface area contributed by atoms with Crippen molar-refractivity contribution in [1.82, 2.24) is 19.9 Å². The van der Waals surface area contributed by atoms with Crippen molar-refractivity contribution >= 4 is 34.4 Å². The van der Waals surface area contributed by atoms with E-state index >= 15 is 0 Å². The summed E-state index contributed by atoms with van der Waals surface area (Å²) in [5.74, 6) is 0. The monoisotopic (exact) mass is 287 g/mol. The second-order valence-electron chi connectivity index (χ2n) is 3.66. The van der Waals surface area contributed by atoms with Gasteiger partial charge in [0.05, 0.1) is 23.4 Å². The fourth-order valence-corrected chi connectivity index (χ4v) is 2.42. The third-order valence-electron chi connectivity index (χ3n) is 2.37. The van der Waals surface area contributed by atoms with Crippen molar-refractivity contribution in [2.24, 2.45) is 0 Å². The quantitative estimate of drug-likeness (QED) is 0.784. The average Bonchev–Trinajstić information content (AvgIpc) is 2.81.